The Kier molecular flexibility index (Phi) is 2.42. The standard InChI is InChI=1S/C9H12N2O2/c12-8-3-7(4-10-5-8)9-6-13-2-1-11-9/h3-5,9,11-12H,1-2,6H2/t9-/m0/s1. The molecule has 0 aromatic carbocycles. The van der Waals surface area contributed by atoms with Crippen LogP contribution in [0.4, 0.5) is 0 Å². The van der Waals surface area contributed by atoms with E-state index in [-0.39, 0.29) is 11.8 Å². The van der Waals surface area contributed by atoms with E-state index in [1.54, 1.807) is 12.3 Å². The fourth-order valence-electron chi connectivity index (χ4n) is 1.42. The van der Waals surface area contributed by atoms with Crippen LogP contribution in [0.2, 0.25) is 0 Å². The van der Waals surface area contributed by atoms with Gasteiger partial charge in [-0.15, -0.1) is 0 Å². The van der Waals surface area contributed by atoms with Crippen molar-refractivity contribution in [2.75, 3.05) is 19.8 Å². The van der Waals surface area contributed by atoms with Gasteiger partial charge in [-0.1, -0.05) is 0 Å². The molecule has 2 rings (SSSR count). The maximum atomic E-state index is 9.21. The first kappa shape index (κ1) is 8.47. The third kappa shape index (κ3) is 1.96. The summed E-state index contributed by atoms with van der Waals surface area (Å²) in [6, 6.07) is 1.87. The van der Waals surface area contributed by atoms with Crippen LogP contribution >= 0.6 is 0 Å². The van der Waals surface area contributed by atoms with Gasteiger partial charge in [0.15, 0.2) is 0 Å². The Balaban J connectivity index is 2.14. The number of aromatic hydroxyl groups is 1. The Labute approximate surface area is 76.6 Å². The topological polar surface area (TPSA) is 54.4 Å². The Bertz CT molecular complexity index is 285. The van der Waals surface area contributed by atoms with Gasteiger partial charge in [0.2, 0.25) is 0 Å². The molecule has 1 fully saturated rings. The molecule has 2 heterocycles. The number of rotatable bonds is 1. The van der Waals surface area contributed by atoms with Gasteiger partial charge >= 0.3 is 0 Å². The lowest BCUT2D eigenvalue weighted by molar-refractivity contribution is 0.0767. The zero-order valence-corrected chi connectivity index (χ0v) is 7.23. The quantitative estimate of drug-likeness (QED) is 0.658. The number of nitrogens with one attached hydrogen (secondary N) is 1. The van der Waals surface area contributed by atoms with Crippen molar-refractivity contribution in [3.63, 3.8) is 0 Å². The summed E-state index contributed by atoms with van der Waals surface area (Å²) in [6.45, 7) is 2.24. The second-order valence-electron chi connectivity index (χ2n) is 3.06. The van der Waals surface area contributed by atoms with Crippen molar-refractivity contribution in [2.45, 2.75) is 6.04 Å². The smallest absolute Gasteiger partial charge is 0.134 e. The lowest BCUT2D eigenvalue weighted by atomic mass is 10.1. The van der Waals surface area contributed by atoms with Crippen LogP contribution < -0.4 is 5.32 Å². The van der Waals surface area contributed by atoms with Gasteiger partial charge in [0.1, 0.15) is 5.75 Å². The van der Waals surface area contributed by atoms with Gasteiger partial charge in [-0.3, -0.25) is 4.98 Å². The molecule has 0 saturated carbocycles. The zero-order chi connectivity index (χ0) is 9.10. The van der Waals surface area contributed by atoms with Gasteiger partial charge in [-0.2, -0.15) is 0 Å². The molecule has 13 heavy (non-hydrogen) atoms. The molecule has 0 aliphatic carbocycles. The molecule has 2 N–H and O–H groups in total. The summed E-state index contributed by atoms with van der Waals surface area (Å²) >= 11 is 0. The molecule has 0 bridgehead atoms. The molecule has 0 amide bonds. The summed E-state index contributed by atoms with van der Waals surface area (Å²) in [5, 5.41) is 12.5. The second kappa shape index (κ2) is 3.72. The largest absolute Gasteiger partial charge is 0.506 e. The van der Waals surface area contributed by atoms with Crippen LogP contribution in [0.1, 0.15) is 11.6 Å². The van der Waals surface area contributed by atoms with Gasteiger partial charge in [0, 0.05) is 12.7 Å². The van der Waals surface area contributed by atoms with E-state index < -0.39 is 0 Å². The highest BCUT2D eigenvalue weighted by molar-refractivity contribution is 5.24. The Morgan fingerprint density at radius 3 is 3.15 bits per heavy atom. The van der Waals surface area contributed by atoms with E-state index in [0.29, 0.717) is 6.61 Å². The third-order valence-corrected chi connectivity index (χ3v) is 2.07. The van der Waals surface area contributed by atoms with Crippen LogP contribution in [-0.2, 0) is 4.74 Å². The molecule has 70 valence electrons. The summed E-state index contributed by atoms with van der Waals surface area (Å²) < 4.78 is 5.30. The van der Waals surface area contributed by atoms with Crippen LogP contribution in [0.15, 0.2) is 18.5 Å². The molecule has 0 spiro atoms. The first-order valence-electron chi connectivity index (χ1n) is 4.31. The van der Waals surface area contributed by atoms with Gasteiger partial charge in [0.05, 0.1) is 25.5 Å². The third-order valence-electron chi connectivity index (χ3n) is 2.07. The van der Waals surface area contributed by atoms with Crippen LogP contribution in [0.5, 0.6) is 5.75 Å². The first-order valence-corrected chi connectivity index (χ1v) is 4.31. The molecular formula is C9H12N2O2. The van der Waals surface area contributed by atoms with Crippen LogP contribution in [0, 0.1) is 0 Å². The highest BCUT2D eigenvalue weighted by Gasteiger charge is 2.15. The monoisotopic (exact) mass is 180 g/mol. The van der Waals surface area contributed by atoms with Crippen LogP contribution in [0.3, 0.4) is 0 Å². The van der Waals surface area contributed by atoms with Crippen LogP contribution in [0.25, 0.3) is 0 Å². The Hall–Kier alpha value is -1.13. The van der Waals surface area contributed by atoms with Crippen molar-refractivity contribution in [3.8, 4) is 5.75 Å². The number of morpholine rings is 1. The summed E-state index contributed by atoms with van der Waals surface area (Å²) in [5.74, 6) is 0.199. The number of aromatic nitrogens is 1. The predicted molar refractivity (Wildman–Crippen MR) is 47.5 cm³/mol. The summed E-state index contributed by atoms with van der Waals surface area (Å²) in [6.07, 6.45) is 3.17. The first-order chi connectivity index (χ1) is 6.36. The number of nitrogens with zero attached hydrogens (tertiary/aromatic N) is 1. The predicted octanol–water partition coefficient (Wildman–Crippen LogP) is 0.448. The second-order valence-corrected chi connectivity index (χ2v) is 3.06. The minimum Gasteiger partial charge on any atom is -0.506 e. The molecule has 1 atom stereocenters. The lowest BCUT2D eigenvalue weighted by Gasteiger charge is -2.23. The van der Waals surface area contributed by atoms with Gasteiger partial charge in [0.25, 0.3) is 0 Å². The molecule has 1 aromatic heterocycles. The molecule has 0 unspecified atom stereocenters. The van der Waals surface area contributed by atoms with E-state index >= 15 is 0 Å². The number of pyridine rings is 1. The number of hydrogen-bond acceptors (Lipinski definition) is 4. The highest BCUT2D eigenvalue weighted by atomic mass is 16.5. The molecular weight excluding hydrogens is 168 g/mol. The van der Waals surface area contributed by atoms with Crippen molar-refractivity contribution < 1.29 is 9.84 Å². The summed E-state index contributed by atoms with van der Waals surface area (Å²) in [5.41, 5.74) is 0.972. The zero-order valence-electron chi connectivity index (χ0n) is 7.23. The average Bonchev–Trinajstić information content (AvgIpc) is 2.19. The van der Waals surface area contributed by atoms with Crippen LogP contribution in [-0.4, -0.2) is 29.8 Å². The minimum atomic E-state index is 0.161. The molecule has 1 aromatic rings. The fourth-order valence-corrected chi connectivity index (χ4v) is 1.42. The molecule has 1 saturated heterocycles. The van der Waals surface area contributed by atoms with E-state index in [9.17, 15) is 5.11 Å². The van der Waals surface area contributed by atoms with Gasteiger partial charge < -0.3 is 15.2 Å². The van der Waals surface area contributed by atoms with E-state index in [2.05, 4.69) is 10.3 Å². The minimum absolute atomic E-state index is 0.161. The fraction of sp³-hybridized carbons (Fsp3) is 0.444. The molecule has 1 aliphatic rings. The average molecular weight is 180 g/mol. The maximum Gasteiger partial charge on any atom is 0.134 e. The Morgan fingerprint density at radius 1 is 1.54 bits per heavy atom. The highest BCUT2D eigenvalue weighted by Crippen LogP contribution is 2.18. The van der Waals surface area contributed by atoms with E-state index in [1.165, 1.54) is 6.20 Å². The summed E-state index contributed by atoms with van der Waals surface area (Å²) in [4.78, 5) is 3.91. The van der Waals surface area contributed by atoms with Crippen molar-refractivity contribution in [2.24, 2.45) is 0 Å². The Morgan fingerprint density at radius 2 is 2.46 bits per heavy atom. The van der Waals surface area contributed by atoms with Gasteiger partial charge in [-0.05, 0) is 11.6 Å². The molecule has 4 heteroatoms. The lowest BCUT2D eigenvalue weighted by Crippen LogP contribution is -2.34. The van der Waals surface area contributed by atoms with E-state index in [0.717, 1.165) is 18.7 Å². The number of hydrogen-bond donors (Lipinski definition) is 2. The van der Waals surface area contributed by atoms with Crippen molar-refractivity contribution >= 4 is 0 Å². The van der Waals surface area contributed by atoms with E-state index in [4.69, 9.17) is 4.74 Å². The van der Waals surface area contributed by atoms with Crippen molar-refractivity contribution in [1.82, 2.24) is 10.3 Å². The van der Waals surface area contributed by atoms with Gasteiger partial charge in [-0.25, -0.2) is 0 Å². The number of ether oxygens (including phenoxy) is 1. The summed E-state index contributed by atoms with van der Waals surface area (Å²) in [7, 11) is 0. The van der Waals surface area contributed by atoms with Crippen molar-refractivity contribution in [3.05, 3.63) is 24.0 Å². The molecule has 0 radical (unpaired) electrons. The normalized spacial score (nSPS) is 22.9. The molecule has 4 nitrogen and oxygen atoms in total. The van der Waals surface area contributed by atoms with Crippen molar-refractivity contribution in [1.29, 1.82) is 0 Å². The van der Waals surface area contributed by atoms with E-state index in [1.807, 2.05) is 0 Å². The molecule has 1 aliphatic heterocycles. The maximum absolute atomic E-state index is 9.21. The SMILES string of the molecule is Oc1cncc([C@@H]2COCCN2)c1.